The fourth-order valence-electron chi connectivity index (χ4n) is 1.22. The molecule has 1 aliphatic rings. The van der Waals surface area contributed by atoms with Gasteiger partial charge in [-0.1, -0.05) is 6.92 Å². The van der Waals surface area contributed by atoms with Crippen LogP contribution in [0.3, 0.4) is 0 Å². The molecular weight excluding hydrogens is 172 g/mol. The molecule has 1 fully saturated rings. The summed E-state index contributed by atoms with van der Waals surface area (Å²) in [6.45, 7) is 3.62. The topological polar surface area (TPSA) is 36.4 Å². The van der Waals surface area contributed by atoms with Crippen molar-refractivity contribution in [3.63, 3.8) is 0 Å². The van der Waals surface area contributed by atoms with Gasteiger partial charge in [0.2, 0.25) is 0 Å². The van der Waals surface area contributed by atoms with E-state index >= 15 is 0 Å². The second-order valence-corrected chi connectivity index (χ2v) is 4.12. The van der Waals surface area contributed by atoms with Gasteiger partial charge in [0.05, 0.1) is 6.10 Å². The van der Waals surface area contributed by atoms with Gasteiger partial charge >= 0.3 is 0 Å². The van der Waals surface area contributed by atoms with Gasteiger partial charge in [-0.25, -0.2) is 4.98 Å². The molecule has 1 saturated heterocycles. The van der Waals surface area contributed by atoms with Crippen LogP contribution in [-0.2, 0) is 6.42 Å². The van der Waals surface area contributed by atoms with Crippen LogP contribution >= 0.6 is 11.3 Å². The lowest BCUT2D eigenvalue weighted by Gasteiger charge is -2.35. The average molecular weight is 184 g/mol. The van der Waals surface area contributed by atoms with Crippen molar-refractivity contribution in [2.24, 2.45) is 0 Å². The summed E-state index contributed by atoms with van der Waals surface area (Å²) >= 11 is 1.72. The molecule has 0 unspecified atom stereocenters. The molecule has 12 heavy (non-hydrogen) atoms. The highest BCUT2D eigenvalue weighted by atomic mass is 32.1. The molecule has 0 aliphatic carbocycles. The van der Waals surface area contributed by atoms with Crippen LogP contribution in [-0.4, -0.2) is 29.3 Å². The van der Waals surface area contributed by atoms with Gasteiger partial charge in [0.25, 0.3) is 0 Å². The Morgan fingerprint density at radius 2 is 2.50 bits per heavy atom. The van der Waals surface area contributed by atoms with Crippen LogP contribution in [0.25, 0.3) is 0 Å². The standard InChI is InChI=1S/C8H12N2OS/c1-2-7-3-9-8(12-7)10-4-6(11)5-10/h3,6,11H,2,4-5H2,1H3. The number of β-amino-alcohol motifs (C(OH)–C–C–N with tert-alkyl or cyclic N) is 1. The number of aromatic nitrogens is 1. The van der Waals surface area contributed by atoms with Crippen molar-refractivity contribution in [3.05, 3.63) is 11.1 Å². The molecule has 66 valence electrons. The van der Waals surface area contributed by atoms with Crippen LogP contribution in [0.15, 0.2) is 6.20 Å². The molecule has 1 aromatic rings. The van der Waals surface area contributed by atoms with Crippen LogP contribution < -0.4 is 4.90 Å². The predicted octanol–water partition coefficient (Wildman–Crippen LogP) is 0.886. The molecule has 0 atom stereocenters. The zero-order valence-electron chi connectivity index (χ0n) is 7.03. The van der Waals surface area contributed by atoms with Crippen LogP contribution in [0.1, 0.15) is 11.8 Å². The van der Waals surface area contributed by atoms with Gasteiger partial charge in [0.1, 0.15) is 0 Å². The fraction of sp³-hybridized carbons (Fsp3) is 0.625. The minimum absolute atomic E-state index is 0.140. The molecule has 1 N–H and O–H groups in total. The Morgan fingerprint density at radius 1 is 1.75 bits per heavy atom. The first-order valence-electron chi connectivity index (χ1n) is 4.17. The van der Waals surface area contributed by atoms with E-state index in [0.717, 1.165) is 24.6 Å². The number of nitrogens with zero attached hydrogens (tertiary/aromatic N) is 2. The third-order valence-corrected chi connectivity index (χ3v) is 3.23. The fourth-order valence-corrected chi connectivity index (χ4v) is 2.09. The zero-order valence-corrected chi connectivity index (χ0v) is 7.84. The van der Waals surface area contributed by atoms with E-state index in [1.165, 1.54) is 4.88 Å². The monoisotopic (exact) mass is 184 g/mol. The first kappa shape index (κ1) is 8.01. The van der Waals surface area contributed by atoms with E-state index in [2.05, 4.69) is 16.8 Å². The summed E-state index contributed by atoms with van der Waals surface area (Å²) in [6.07, 6.45) is 2.83. The number of rotatable bonds is 2. The van der Waals surface area contributed by atoms with Gasteiger partial charge in [-0.15, -0.1) is 11.3 Å². The molecule has 1 aliphatic heterocycles. The van der Waals surface area contributed by atoms with Crippen molar-refractivity contribution in [2.75, 3.05) is 18.0 Å². The minimum atomic E-state index is -0.140. The molecule has 1 aromatic heterocycles. The Kier molecular flexibility index (Phi) is 2.02. The van der Waals surface area contributed by atoms with Gasteiger partial charge in [0.15, 0.2) is 5.13 Å². The van der Waals surface area contributed by atoms with Gasteiger partial charge in [-0.3, -0.25) is 0 Å². The van der Waals surface area contributed by atoms with E-state index in [1.54, 1.807) is 11.3 Å². The highest BCUT2D eigenvalue weighted by Gasteiger charge is 2.26. The maximum absolute atomic E-state index is 9.08. The largest absolute Gasteiger partial charge is 0.389 e. The van der Waals surface area contributed by atoms with E-state index in [4.69, 9.17) is 5.11 Å². The first-order chi connectivity index (χ1) is 5.79. The molecule has 0 bridgehead atoms. The molecule has 3 nitrogen and oxygen atoms in total. The average Bonchev–Trinajstić information content (AvgIpc) is 2.46. The Bertz CT molecular complexity index is 268. The number of hydrogen-bond acceptors (Lipinski definition) is 4. The molecule has 0 radical (unpaired) electrons. The normalized spacial score (nSPS) is 18.0. The molecular formula is C8H12N2OS. The molecule has 0 amide bonds. The SMILES string of the molecule is CCc1cnc(N2CC(O)C2)s1. The summed E-state index contributed by atoms with van der Waals surface area (Å²) in [7, 11) is 0. The van der Waals surface area contributed by atoms with Crippen LogP contribution in [0.2, 0.25) is 0 Å². The van der Waals surface area contributed by atoms with Crippen molar-refractivity contribution < 1.29 is 5.11 Å². The van der Waals surface area contributed by atoms with Crippen LogP contribution in [0, 0.1) is 0 Å². The molecule has 2 rings (SSSR count). The van der Waals surface area contributed by atoms with Crippen molar-refractivity contribution in [1.82, 2.24) is 4.98 Å². The summed E-state index contributed by atoms with van der Waals surface area (Å²) in [5.41, 5.74) is 0. The van der Waals surface area contributed by atoms with Gasteiger partial charge in [0, 0.05) is 24.2 Å². The molecule has 2 heterocycles. The molecule has 0 saturated carbocycles. The Hall–Kier alpha value is -0.610. The van der Waals surface area contributed by atoms with E-state index in [-0.39, 0.29) is 6.10 Å². The van der Waals surface area contributed by atoms with E-state index in [1.807, 2.05) is 6.20 Å². The lowest BCUT2D eigenvalue weighted by molar-refractivity contribution is 0.142. The van der Waals surface area contributed by atoms with Gasteiger partial charge < -0.3 is 10.0 Å². The molecule has 0 aromatic carbocycles. The zero-order chi connectivity index (χ0) is 8.55. The summed E-state index contributed by atoms with van der Waals surface area (Å²) in [5, 5.41) is 10.1. The highest BCUT2D eigenvalue weighted by Crippen LogP contribution is 2.26. The van der Waals surface area contributed by atoms with E-state index in [9.17, 15) is 0 Å². The number of aliphatic hydroxyl groups is 1. The summed E-state index contributed by atoms with van der Waals surface area (Å²) in [4.78, 5) is 7.69. The van der Waals surface area contributed by atoms with Gasteiger partial charge in [-0.2, -0.15) is 0 Å². The van der Waals surface area contributed by atoms with Gasteiger partial charge in [-0.05, 0) is 6.42 Å². The maximum atomic E-state index is 9.08. The maximum Gasteiger partial charge on any atom is 0.185 e. The number of thiazole rings is 1. The van der Waals surface area contributed by atoms with Crippen molar-refractivity contribution in [3.8, 4) is 0 Å². The van der Waals surface area contributed by atoms with E-state index in [0.29, 0.717) is 0 Å². The summed E-state index contributed by atoms with van der Waals surface area (Å²) in [5.74, 6) is 0. The Morgan fingerprint density at radius 3 is 3.00 bits per heavy atom. The number of aliphatic hydroxyl groups excluding tert-OH is 1. The van der Waals surface area contributed by atoms with E-state index < -0.39 is 0 Å². The molecule has 4 heteroatoms. The Balaban J connectivity index is 2.04. The first-order valence-corrected chi connectivity index (χ1v) is 4.99. The van der Waals surface area contributed by atoms with Crippen molar-refractivity contribution in [2.45, 2.75) is 19.4 Å². The highest BCUT2D eigenvalue weighted by molar-refractivity contribution is 7.15. The third kappa shape index (κ3) is 1.32. The Labute approximate surface area is 75.7 Å². The van der Waals surface area contributed by atoms with Crippen molar-refractivity contribution >= 4 is 16.5 Å². The smallest absolute Gasteiger partial charge is 0.185 e. The second-order valence-electron chi connectivity index (χ2n) is 3.02. The number of hydrogen-bond donors (Lipinski definition) is 1. The molecule has 0 spiro atoms. The quantitative estimate of drug-likeness (QED) is 0.741. The number of anilines is 1. The predicted molar refractivity (Wildman–Crippen MR) is 49.7 cm³/mol. The summed E-state index contributed by atoms with van der Waals surface area (Å²) in [6, 6.07) is 0. The third-order valence-electron chi connectivity index (χ3n) is 2.02. The second kappa shape index (κ2) is 3.03. The summed E-state index contributed by atoms with van der Waals surface area (Å²) < 4.78 is 0. The van der Waals surface area contributed by atoms with Crippen LogP contribution in [0.5, 0.6) is 0 Å². The lowest BCUT2D eigenvalue weighted by atomic mass is 10.2. The lowest BCUT2D eigenvalue weighted by Crippen LogP contribution is -2.50. The van der Waals surface area contributed by atoms with Crippen molar-refractivity contribution in [1.29, 1.82) is 0 Å². The van der Waals surface area contributed by atoms with Crippen LogP contribution in [0.4, 0.5) is 5.13 Å². The number of aryl methyl sites for hydroxylation is 1. The minimum Gasteiger partial charge on any atom is -0.389 e.